The van der Waals surface area contributed by atoms with Gasteiger partial charge in [0.15, 0.2) is 5.58 Å². The van der Waals surface area contributed by atoms with Gasteiger partial charge in [0.25, 0.3) is 11.8 Å². The van der Waals surface area contributed by atoms with Crippen LogP contribution in [0.15, 0.2) is 52.0 Å². The van der Waals surface area contributed by atoms with Gasteiger partial charge in [-0.3, -0.25) is 14.6 Å². The molecule has 28 heavy (non-hydrogen) atoms. The second-order valence-electron chi connectivity index (χ2n) is 5.79. The van der Waals surface area contributed by atoms with E-state index in [4.69, 9.17) is 21.4 Å². The largest absolute Gasteiger partial charge is 0.497 e. The third-order valence-corrected chi connectivity index (χ3v) is 5.11. The van der Waals surface area contributed by atoms with Crippen molar-refractivity contribution < 1.29 is 18.7 Å². The lowest BCUT2D eigenvalue weighted by Crippen LogP contribution is -2.17. The number of nitrogens with zero attached hydrogens (tertiary/aromatic N) is 1. The van der Waals surface area contributed by atoms with Crippen LogP contribution in [0.25, 0.3) is 17.0 Å². The second-order valence-corrected chi connectivity index (χ2v) is 7.51. The van der Waals surface area contributed by atoms with Crippen molar-refractivity contribution in [3.8, 4) is 5.75 Å². The molecule has 1 aliphatic heterocycles. The lowest BCUT2D eigenvalue weighted by molar-refractivity contribution is -0.115. The fourth-order valence-corrected chi connectivity index (χ4v) is 3.66. The summed E-state index contributed by atoms with van der Waals surface area (Å²) >= 11 is 6.14. The first-order chi connectivity index (χ1) is 13.5. The summed E-state index contributed by atoms with van der Waals surface area (Å²) in [7, 11) is 1.57. The van der Waals surface area contributed by atoms with Crippen LogP contribution in [0, 0.1) is 0 Å². The maximum absolute atomic E-state index is 12.7. The molecule has 2 amide bonds. The number of benzene rings is 1. The maximum Gasteiger partial charge on any atom is 0.263 e. The third-order valence-electron chi connectivity index (χ3n) is 3.95. The summed E-state index contributed by atoms with van der Waals surface area (Å²) in [5.74, 6) is 0.500. The molecule has 7 nitrogen and oxygen atoms in total. The number of fused-ring (bicyclic) bond motifs is 1. The van der Waals surface area contributed by atoms with Gasteiger partial charge in [-0.2, -0.15) is 0 Å². The van der Waals surface area contributed by atoms with Crippen LogP contribution in [0.4, 0.5) is 5.69 Å². The van der Waals surface area contributed by atoms with E-state index in [2.05, 4.69) is 15.6 Å². The molecule has 1 aromatic carbocycles. The standard InChI is InChI=1S/C19H13N3O4S2/c1-25-12-4-2-11(3-5-12)21-17(23)14-9-20-8-10-6-13(26-16(10)14)7-15-18(24)22-19(27)28-15/h2-9H,1H3,(H,21,23)(H,22,24,27)/b15-7-. The summed E-state index contributed by atoms with van der Waals surface area (Å²) in [6.45, 7) is 0. The van der Waals surface area contributed by atoms with E-state index in [1.807, 2.05) is 0 Å². The van der Waals surface area contributed by atoms with Gasteiger partial charge in [0, 0.05) is 29.5 Å². The summed E-state index contributed by atoms with van der Waals surface area (Å²) in [5.41, 5.74) is 1.29. The summed E-state index contributed by atoms with van der Waals surface area (Å²) in [6, 6.07) is 8.69. The van der Waals surface area contributed by atoms with Gasteiger partial charge in [0.1, 0.15) is 21.4 Å². The van der Waals surface area contributed by atoms with Crippen LogP contribution < -0.4 is 15.4 Å². The average Bonchev–Trinajstić information content (AvgIpc) is 3.24. The molecule has 0 bridgehead atoms. The Morgan fingerprint density at radius 2 is 2.11 bits per heavy atom. The van der Waals surface area contributed by atoms with E-state index in [0.29, 0.717) is 37.4 Å². The highest BCUT2D eigenvalue weighted by molar-refractivity contribution is 8.26. The van der Waals surface area contributed by atoms with Gasteiger partial charge in [0.2, 0.25) is 0 Å². The zero-order valence-electron chi connectivity index (χ0n) is 14.5. The second kappa shape index (κ2) is 7.45. The molecule has 3 aromatic rings. The molecule has 0 saturated carbocycles. The van der Waals surface area contributed by atoms with E-state index in [-0.39, 0.29) is 17.4 Å². The summed E-state index contributed by atoms with van der Waals surface area (Å²) in [6.07, 6.45) is 4.62. The van der Waals surface area contributed by atoms with Crippen molar-refractivity contribution in [2.75, 3.05) is 12.4 Å². The van der Waals surface area contributed by atoms with E-state index in [9.17, 15) is 9.59 Å². The summed E-state index contributed by atoms with van der Waals surface area (Å²) in [5, 5.41) is 6.00. The van der Waals surface area contributed by atoms with Crippen LogP contribution >= 0.6 is 24.0 Å². The van der Waals surface area contributed by atoms with Gasteiger partial charge in [-0.1, -0.05) is 24.0 Å². The Hall–Kier alpha value is -3.17. The highest BCUT2D eigenvalue weighted by Crippen LogP contribution is 2.29. The summed E-state index contributed by atoms with van der Waals surface area (Å²) < 4.78 is 11.3. The number of aromatic nitrogens is 1. The summed E-state index contributed by atoms with van der Waals surface area (Å²) in [4.78, 5) is 29.0. The van der Waals surface area contributed by atoms with E-state index in [1.165, 1.54) is 6.20 Å². The average molecular weight is 411 g/mol. The Bertz CT molecular complexity index is 1140. The molecule has 0 radical (unpaired) electrons. The number of ether oxygens (including phenoxy) is 1. The monoisotopic (exact) mass is 411 g/mol. The Kier molecular flexibility index (Phi) is 4.84. The number of thioether (sulfide) groups is 1. The molecule has 4 rings (SSSR count). The molecule has 1 aliphatic rings. The number of thiocarbonyl (C=S) groups is 1. The highest BCUT2D eigenvalue weighted by Gasteiger charge is 2.23. The Labute approximate surface area is 169 Å². The number of anilines is 1. The fraction of sp³-hybridized carbons (Fsp3) is 0.0526. The van der Waals surface area contributed by atoms with Gasteiger partial charge in [-0.05, 0) is 30.3 Å². The number of carbonyl (C=O) groups excluding carboxylic acids is 2. The van der Waals surface area contributed by atoms with E-state index >= 15 is 0 Å². The number of furan rings is 1. The van der Waals surface area contributed by atoms with E-state index in [0.717, 1.165) is 11.8 Å². The lowest BCUT2D eigenvalue weighted by Gasteiger charge is -2.06. The predicted octanol–water partition coefficient (Wildman–Crippen LogP) is 3.58. The van der Waals surface area contributed by atoms with E-state index < -0.39 is 0 Å². The number of hydrogen-bond acceptors (Lipinski definition) is 7. The van der Waals surface area contributed by atoms with Crippen molar-refractivity contribution >= 4 is 62.8 Å². The molecular weight excluding hydrogens is 398 g/mol. The fourth-order valence-electron chi connectivity index (χ4n) is 2.64. The molecule has 2 aromatic heterocycles. The SMILES string of the molecule is COc1ccc(NC(=O)c2cncc3cc(/C=C4\SC(=S)NC4=O)oc23)cc1. The van der Waals surface area contributed by atoms with Crippen LogP contribution in [0.3, 0.4) is 0 Å². The molecular formula is C19H13N3O4S2. The van der Waals surface area contributed by atoms with Crippen molar-refractivity contribution in [3.63, 3.8) is 0 Å². The van der Waals surface area contributed by atoms with Gasteiger partial charge < -0.3 is 19.8 Å². The molecule has 0 spiro atoms. The number of pyridine rings is 1. The van der Waals surface area contributed by atoms with Crippen molar-refractivity contribution in [2.24, 2.45) is 0 Å². The first-order valence-electron chi connectivity index (χ1n) is 8.11. The van der Waals surface area contributed by atoms with Crippen LogP contribution in [-0.2, 0) is 4.79 Å². The molecule has 2 N–H and O–H groups in total. The number of carbonyl (C=O) groups is 2. The Morgan fingerprint density at radius 3 is 2.79 bits per heavy atom. The normalized spacial score (nSPS) is 15.1. The van der Waals surface area contributed by atoms with Crippen molar-refractivity contribution in [1.29, 1.82) is 0 Å². The molecule has 0 atom stereocenters. The zero-order valence-corrected chi connectivity index (χ0v) is 16.1. The predicted molar refractivity (Wildman–Crippen MR) is 111 cm³/mol. The first-order valence-corrected chi connectivity index (χ1v) is 9.34. The van der Waals surface area contributed by atoms with Gasteiger partial charge in [-0.25, -0.2) is 0 Å². The number of hydrogen-bond donors (Lipinski definition) is 2. The zero-order chi connectivity index (χ0) is 19.7. The molecule has 0 unspecified atom stereocenters. The molecule has 0 aliphatic carbocycles. The minimum atomic E-state index is -0.356. The number of rotatable bonds is 4. The highest BCUT2D eigenvalue weighted by atomic mass is 32.2. The molecule has 140 valence electrons. The third kappa shape index (κ3) is 3.62. The maximum atomic E-state index is 12.7. The van der Waals surface area contributed by atoms with Crippen LogP contribution in [0.2, 0.25) is 0 Å². The number of nitrogens with one attached hydrogen (secondary N) is 2. The van der Waals surface area contributed by atoms with Crippen molar-refractivity contribution in [1.82, 2.24) is 10.3 Å². The number of amides is 2. The topological polar surface area (TPSA) is 93.5 Å². The molecule has 3 heterocycles. The molecule has 9 heteroatoms. The minimum absolute atomic E-state index is 0.272. The van der Waals surface area contributed by atoms with Crippen LogP contribution in [-0.4, -0.2) is 28.2 Å². The van der Waals surface area contributed by atoms with Crippen molar-refractivity contribution in [2.45, 2.75) is 0 Å². The smallest absolute Gasteiger partial charge is 0.263 e. The minimum Gasteiger partial charge on any atom is -0.497 e. The number of methoxy groups -OCH3 is 1. The quantitative estimate of drug-likeness (QED) is 0.501. The van der Waals surface area contributed by atoms with E-state index in [1.54, 1.807) is 49.7 Å². The molecule has 1 fully saturated rings. The van der Waals surface area contributed by atoms with Gasteiger partial charge in [0.05, 0.1) is 12.0 Å². The molecule has 1 saturated heterocycles. The Morgan fingerprint density at radius 1 is 1.32 bits per heavy atom. The lowest BCUT2D eigenvalue weighted by atomic mass is 10.2. The van der Waals surface area contributed by atoms with Gasteiger partial charge >= 0.3 is 0 Å². The van der Waals surface area contributed by atoms with Gasteiger partial charge in [-0.15, -0.1) is 0 Å². The van der Waals surface area contributed by atoms with Crippen LogP contribution in [0.5, 0.6) is 5.75 Å². The van der Waals surface area contributed by atoms with Crippen LogP contribution in [0.1, 0.15) is 16.1 Å². The van der Waals surface area contributed by atoms with Crippen molar-refractivity contribution in [3.05, 3.63) is 59.0 Å². The Balaban J connectivity index is 1.63. The first kappa shape index (κ1) is 18.2.